The fourth-order valence-electron chi connectivity index (χ4n) is 1.01. The average Bonchev–Trinajstić information content (AvgIpc) is 2.68. The zero-order valence-electron chi connectivity index (χ0n) is 7.98. The third-order valence-electron chi connectivity index (χ3n) is 1.65. The van der Waals surface area contributed by atoms with Crippen molar-refractivity contribution in [3.63, 3.8) is 0 Å². The lowest BCUT2D eigenvalue weighted by Crippen LogP contribution is -1.79. The molecule has 4 nitrogen and oxygen atoms in total. The molecule has 0 unspecified atom stereocenters. The lowest BCUT2D eigenvalue weighted by molar-refractivity contribution is 0.466. The van der Waals surface area contributed by atoms with Gasteiger partial charge in [-0.15, -0.1) is 10.2 Å². The predicted molar refractivity (Wildman–Crippen MR) is 58.9 cm³/mol. The number of hydrogen-bond acceptors (Lipinski definition) is 5. The molecular formula is C9H8ClN3OS. The van der Waals surface area contributed by atoms with Gasteiger partial charge in [0.05, 0.1) is 5.56 Å². The van der Waals surface area contributed by atoms with Gasteiger partial charge in [0.15, 0.2) is 0 Å². The molecule has 0 fully saturated rings. The van der Waals surface area contributed by atoms with Crippen LogP contribution in [0.2, 0.25) is 5.15 Å². The highest BCUT2D eigenvalue weighted by atomic mass is 35.5. The van der Waals surface area contributed by atoms with Gasteiger partial charge in [0.1, 0.15) is 5.15 Å². The number of halogens is 1. The SMILES string of the molecule is CCSc1nnc(-c2ccc(Cl)nc2)o1. The van der Waals surface area contributed by atoms with Gasteiger partial charge in [0, 0.05) is 6.20 Å². The van der Waals surface area contributed by atoms with Gasteiger partial charge in [-0.3, -0.25) is 0 Å². The Bertz CT molecular complexity index is 443. The first-order valence-corrected chi connectivity index (χ1v) is 5.74. The minimum absolute atomic E-state index is 0.446. The molecule has 0 saturated heterocycles. The molecule has 0 atom stereocenters. The molecule has 2 aromatic rings. The Morgan fingerprint density at radius 3 is 2.93 bits per heavy atom. The third kappa shape index (κ3) is 2.49. The molecule has 2 aromatic heterocycles. The second kappa shape index (κ2) is 4.63. The molecule has 6 heteroatoms. The summed E-state index contributed by atoms with van der Waals surface area (Å²) in [7, 11) is 0. The highest BCUT2D eigenvalue weighted by molar-refractivity contribution is 7.99. The van der Waals surface area contributed by atoms with Crippen molar-refractivity contribution in [1.82, 2.24) is 15.2 Å². The zero-order chi connectivity index (χ0) is 10.7. The highest BCUT2D eigenvalue weighted by Crippen LogP contribution is 2.22. The van der Waals surface area contributed by atoms with E-state index in [1.54, 1.807) is 18.3 Å². The van der Waals surface area contributed by atoms with Crippen molar-refractivity contribution in [1.29, 1.82) is 0 Å². The van der Waals surface area contributed by atoms with Gasteiger partial charge >= 0.3 is 0 Å². The standard InChI is InChI=1S/C9H8ClN3OS/c1-2-15-9-13-12-8(14-9)6-3-4-7(10)11-5-6/h3-5H,2H2,1H3. The third-order valence-corrected chi connectivity index (χ3v) is 2.57. The van der Waals surface area contributed by atoms with Crippen LogP contribution in [0.25, 0.3) is 11.5 Å². The van der Waals surface area contributed by atoms with Crippen LogP contribution >= 0.6 is 23.4 Å². The molecule has 2 heterocycles. The summed E-state index contributed by atoms with van der Waals surface area (Å²) >= 11 is 7.18. The Labute approximate surface area is 96.1 Å². The molecule has 0 saturated carbocycles. The van der Waals surface area contributed by atoms with Crippen molar-refractivity contribution >= 4 is 23.4 Å². The maximum absolute atomic E-state index is 5.67. The van der Waals surface area contributed by atoms with E-state index >= 15 is 0 Å². The van der Waals surface area contributed by atoms with Crippen LogP contribution in [0, 0.1) is 0 Å². The molecule has 0 aliphatic carbocycles. The molecule has 0 spiro atoms. The van der Waals surface area contributed by atoms with Crippen LogP contribution in [0.4, 0.5) is 0 Å². The van der Waals surface area contributed by atoms with Gasteiger partial charge in [-0.2, -0.15) is 0 Å². The lowest BCUT2D eigenvalue weighted by atomic mass is 10.3. The van der Waals surface area contributed by atoms with Crippen LogP contribution in [0.15, 0.2) is 28.0 Å². The molecule has 0 aromatic carbocycles. The number of aromatic nitrogens is 3. The van der Waals surface area contributed by atoms with Gasteiger partial charge in [0.2, 0.25) is 5.89 Å². The molecule has 0 aliphatic heterocycles. The number of thioether (sulfide) groups is 1. The first-order valence-electron chi connectivity index (χ1n) is 4.38. The maximum atomic E-state index is 5.67. The van der Waals surface area contributed by atoms with Crippen molar-refractivity contribution in [2.24, 2.45) is 0 Å². The van der Waals surface area contributed by atoms with E-state index in [4.69, 9.17) is 16.0 Å². The molecular weight excluding hydrogens is 234 g/mol. The predicted octanol–water partition coefficient (Wildman–Crippen LogP) is 2.90. The van der Waals surface area contributed by atoms with Crippen molar-refractivity contribution < 1.29 is 4.42 Å². The summed E-state index contributed by atoms with van der Waals surface area (Å²) in [6.07, 6.45) is 1.61. The number of nitrogens with zero attached hydrogens (tertiary/aromatic N) is 3. The highest BCUT2D eigenvalue weighted by Gasteiger charge is 2.08. The molecule has 2 rings (SSSR count). The summed E-state index contributed by atoms with van der Waals surface area (Å²) < 4.78 is 5.41. The van der Waals surface area contributed by atoms with E-state index in [2.05, 4.69) is 15.2 Å². The average molecular weight is 242 g/mol. The minimum atomic E-state index is 0.446. The summed E-state index contributed by atoms with van der Waals surface area (Å²) in [5, 5.41) is 8.82. The van der Waals surface area contributed by atoms with E-state index < -0.39 is 0 Å². The molecule has 0 radical (unpaired) electrons. The first-order chi connectivity index (χ1) is 7.29. The Morgan fingerprint density at radius 2 is 2.27 bits per heavy atom. The Hall–Kier alpha value is -1.07. The van der Waals surface area contributed by atoms with Crippen LogP contribution in [0.5, 0.6) is 0 Å². The van der Waals surface area contributed by atoms with Gasteiger partial charge in [-0.25, -0.2) is 4.98 Å². The second-order valence-electron chi connectivity index (χ2n) is 2.68. The summed E-state index contributed by atoms with van der Waals surface area (Å²) in [5.74, 6) is 1.37. The topological polar surface area (TPSA) is 51.8 Å². The van der Waals surface area contributed by atoms with Gasteiger partial charge in [-0.1, -0.05) is 30.3 Å². The molecule has 0 aliphatic rings. The molecule has 0 bridgehead atoms. The van der Waals surface area contributed by atoms with E-state index in [1.807, 2.05) is 6.92 Å². The Morgan fingerprint density at radius 1 is 1.40 bits per heavy atom. The molecule has 78 valence electrons. The van der Waals surface area contributed by atoms with Crippen molar-refractivity contribution in [3.05, 3.63) is 23.5 Å². The lowest BCUT2D eigenvalue weighted by Gasteiger charge is -1.93. The van der Waals surface area contributed by atoms with E-state index in [1.165, 1.54) is 11.8 Å². The number of rotatable bonds is 3. The Kier molecular flexibility index (Phi) is 3.23. The van der Waals surface area contributed by atoms with Crippen LogP contribution in [0.3, 0.4) is 0 Å². The van der Waals surface area contributed by atoms with Crippen LogP contribution < -0.4 is 0 Å². The minimum Gasteiger partial charge on any atom is -0.411 e. The fourth-order valence-corrected chi connectivity index (χ4v) is 1.61. The smallest absolute Gasteiger partial charge is 0.276 e. The summed E-state index contributed by atoms with van der Waals surface area (Å²) in [6, 6.07) is 3.48. The summed E-state index contributed by atoms with van der Waals surface area (Å²) in [6.45, 7) is 2.03. The van der Waals surface area contributed by atoms with E-state index in [0.717, 1.165) is 11.3 Å². The van der Waals surface area contributed by atoms with Gasteiger partial charge in [-0.05, 0) is 17.9 Å². The van der Waals surface area contributed by atoms with E-state index in [9.17, 15) is 0 Å². The number of pyridine rings is 1. The van der Waals surface area contributed by atoms with Crippen LogP contribution in [-0.2, 0) is 0 Å². The van der Waals surface area contributed by atoms with Gasteiger partial charge in [0.25, 0.3) is 5.22 Å². The van der Waals surface area contributed by atoms with E-state index in [-0.39, 0.29) is 0 Å². The second-order valence-corrected chi connectivity index (χ2v) is 4.28. The first kappa shape index (κ1) is 10.4. The zero-order valence-corrected chi connectivity index (χ0v) is 9.55. The van der Waals surface area contributed by atoms with E-state index in [0.29, 0.717) is 16.3 Å². The number of hydrogen-bond donors (Lipinski definition) is 0. The monoisotopic (exact) mass is 241 g/mol. The normalized spacial score (nSPS) is 10.5. The van der Waals surface area contributed by atoms with Crippen LogP contribution in [0.1, 0.15) is 6.92 Å². The van der Waals surface area contributed by atoms with Crippen molar-refractivity contribution in [2.45, 2.75) is 12.1 Å². The van der Waals surface area contributed by atoms with Crippen molar-refractivity contribution in [2.75, 3.05) is 5.75 Å². The Balaban J connectivity index is 2.25. The van der Waals surface area contributed by atoms with Crippen LogP contribution in [-0.4, -0.2) is 20.9 Å². The summed E-state index contributed by atoms with van der Waals surface area (Å²) in [4.78, 5) is 3.94. The molecule has 15 heavy (non-hydrogen) atoms. The molecule has 0 N–H and O–H groups in total. The quantitative estimate of drug-likeness (QED) is 0.611. The molecule has 0 amide bonds. The van der Waals surface area contributed by atoms with Gasteiger partial charge < -0.3 is 4.42 Å². The maximum Gasteiger partial charge on any atom is 0.276 e. The van der Waals surface area contributed by atoms with Crippen molar-refractivity contribution in [3.8, 4) is 11.5 Å². The fraction of sp³-hybridized carbons (Fsp3) is 0.222. The largest absolute Gasteiger partial charge is 0.411 e. The summed E-state index contributed by atoms with van der Waals surface area (Å²) in [5.41, 5.74) is 0.773.